The van der Waals surface area contributed by atoms with Crippen LogP contribution in [0.15, 0.2) is 0 Å². The first-order chi connectivity index (χ1) is 5.41. The first kappa shape index (κ1) is 10.4. The Bertz CT molecular complexity index is 106. The van der Waals surface area contributed by atoms with Crippen molar-refractivity contribution in [2.45, 2.75) is 0 Å². The highest BCUT2D eigenvalue weighted by atomic mass is 16.5. The van der Waals surface area contributed by atoms with Crippen LogP contribution >= 0.6 is 0 Å². The molecule has 0 atom stereocenters. The van der Waals surface area contributed by atoms with Crippen LogP contribution in [0.25, 0.3) is 0 Å². The highest BCUT2D eigenvalue weighted by Gasteiger charge is 1.86. The zero-order valence-electron chi connectivity index (χ0n) is 6.84. The number of hydrogen-bond donors (Lipinski definition) is 0. The molecule has 0 aromatic heterocycles. The van der Waals surface area contributed by atoms with Crippen LogP contribution in [-0.2, 0) is 14.2 Å². The molecule has 0 spiro atoms. The standard InChI is InChI=1S/C8H14O3/c1-3-4-10-7-8-11-6-5-9-2/h1H,4-8H2,2H3. The van der Waals surface area contributed by atoms with Gasteiger partial charge >= 0.3 is 0 Å². The molecule has 0 aliphatic heterocycles. The van der Waals surface area contributed by atoms with Gasteiger partial charge in [0.2, 0.25) is 0 Å². The van der Waals surface area contributed by atoms with Crippen molar-refractivity contribution in [3.63, 3.8) is 0 Å². The van der Waals surface area contributed by atoms with E-state index in [9.17, 15) is 0 Å². The maximum atomic E-state index is 5.10. The van der Waals surface area contributed by atoms with Crippen LogP contribution in [0.3, 0.4) is 0 Å². The van der Waals surface area contributed by atoms with E-state index >= 15 is 0 Å². The lowest BCUT2D eigenvalue weighted by Gasteiger charge is -2.02. The fourth-order valence-electron chi connectivity index (χ4n) is 0.493. The van der Waals surface area contributed by atoms with Crippen LogP contribution in [0.1, 0.15) is 0 Å². The van der Waals surface area contributed by atoms with E-state index in [1.54, 1.807) is 7.11 Å². The molecule has 0 fully saturated rings. The van der Waals surface area contributed by atoms with Gasteiger partial charge in [0, 0.05) is 7.11 Å². The van der Waals surface area contributed by atoms with Crippen molar-refractivity contribution in [2.75, 3.05) is 40.1 Å². The predicted molar refractivity (Wildman–Crippen MR) is 42.3 cm³/mol. The van der Waals surface area contributed by atoms with Crippen molar-refractivity contribution in [3.8, 4) is 12.3 Å². The SMILES string of the molecule is C#CCOCCOCCOC. The zero-order valence-corrected chi connectivity index (χ0v) is 6.84. The van der Waals surface area contributed by atoms with Gasteiger partial charge in [-0.25, -0.2) is 0 Å². The Hall–Kier alpha value is -0.560. The number of ether oxygens (including phenoxy) is 3. The fourth-order valence-corrected chi connectivity index (χ4v) is 0.493. The van der Waals surface area contributed by atoms with Gasteiger partial charge < -0.3 is 14.2 Å². The van der Waals surface area contributed by atoms with Crippen LogP contribution in [0, 0.1) is 12.3 Å². The summed E-state index contributed by atoms with van der Waals surface area (Å²) in [5.41, 5.74) is 0. The van der Waals surface area contributed by atoms with Gasteiger partial charge in [0.1, 0.15) is 6.61 Å². The summed E-state index contributed by atoms with van der Waals surface area (Å²) in [5.74, 6) is 2.37. The zero-order chi connectivity index (χ0) is 8.36. The Morgan fingerprint density at radius 2 is 1.73 bits per heavy atom. The molecule has 0 aromatic rings. The normalized spacial score (nSPS) is 9.45. The molecular weight excluding hydrogens is 144 g/mol. The third-order valence-corrected chi connectivity index (χ3v) is 0.989. The Morgan fingerprint density at radius 3 is 2.36 bits per heavy atom. The maximum Gasteiger partial charge on any atom is 0.107 e. The molecule has 3 nitrogen and oxygen atoms in total. The van der Waals surface area contributed by atoms with Crippen molar-refractivity contribution in [3.05, 3.63) is 0 Å². The Morgan fingerprint density at radius 1 is 1.09 bits per heavy atom. The summed E-state index contributed by atoms with van der Waals surface area (Å²) in [6, 6.07) is 0. The van der Waals surface area contributed by atoms with Gasteiger partial charge in [0.25, 0.3) is 0 Å². The minimum atomic E-state index is 0.355. The average Bonchev–Trinajstić information content (AvgIpc) is 2.03. The lowest BCUT2D eigenvalue weighted by atomic mass is 10.7. The van der Waals surface area contributed by atoms with Crippen molar-refractivity contribution >= 4 is 0 Å². The number of terminal acetylenes is 1. The molecule has 0 rings (SSSR count). The fraction of sp³-hybridized carbons (Fsp3) is 0.750. The smallest absolute Gasteiger partial charge is 0.107 e. The third-order valence-electron chi connectivity index (χ3n) is 0.989. The summed E-state index contributed by atoms with van der Waals surface area (Å²) in [7, 11) is 1.64. The molecule has 0 bridgehead atoms. The quantitative estimate of drug-likeness (QED) is 0.394. The largest absolute Gasteiger partial charge is 0.382 e. The lowest BCUT2D eigenvalue weighted by molar-refractivity contribution is 0.0324. The Kier molecular flexibility index (Phi) is 8.96. The number of rotatable bonds is 7. The summed E-state index contributed by atoms with van der Waals surface area (Å²) in [4.78, 5) is 0. The van der Waals surface area contributed by atoms with E-state index in [1.165, 1.54) is 0 Å². The molecule has 0 saturated carbocycles. The van der Waals surface area contributed by atoms with Gasteiger partial charge in [-0.1, -0.05) is 5.92 Å². The molecule has 0 radical (unpaired) electrons. The first-order valence-electron chi connectivity index (χ1n) is 3.49. The van der Waals surface area contributed by atoms with Crippen LogP contribution in [0.4, 0.5) is 0 Å². The van der Waals surface area contributed by atoms with Gasteiger partial charge in [0.15, 0.2) is 0 Å². The topological polar surface area (TPSA) is 27.7 Å². The molecule has 11 heavy (non-hydrogen) atoms. The van der Waals surface area contributed by atoms with Crippen molar-refractivity contribution in [1.82, 2.24) is 0 Å². The second-order valence-corrected chi connectivity index (χ2v) is 1.86. The summed E-state index contributed by atoms with van der Waals surface area (Å²) in [6.07, 6.45) is 4.96. The Labute approximate surface area is 67.6 Å². The molecule has 0 aromatic carbocycles. The highest BCUT2D eigenvalue weighted by Crippen LogP contribution is 1.78. The van der Waals surface area contributed by atoms with E-state index in [0.29, 0.717) is 33.0 Å². The molecule has 64 valence electrons. The second-order valence-electron chi connectivity index (χ2n) is 1.86. The average molecular weight is 158 g/mol. The van der Waals surface area contributed by atoms with Gasteiger partial charge in [0.05, 0.1) is 26.4 Å². The van der Waals surface area contributed by atoms with E-state index < -0.39 is 0 Å². The van der Waals surface area contributed by atoms with E-state index in [4.69, 9.17) is 20.6 Å². The monoisotopic (exact) mass is 158 g/mol. The van der Waals surface area contributed by atoms with Gasteiger partial charge in [-0.05, 0) is 0 Å². The van der Waals surface area contributed by atoms with Crippen LogP contribution in [0.2, 0.25) is 0 Å². The van der Waals surface area contributed by atoms with Crippen LogP contribution in [-0.4, -0.2) is 40.1 Å². The molecule has 0 N–H and O–H groups in total. The molecular formula is C8H14O3. The van der Waals surface area contributed by atoms with Crippen molar-refractivity contribution in [2.24, 2.45) is 0 Å². The predicted octanol–water partition coefficient (Wildman–Crippen LogP) is 0.299. The maximum absolute atomic E-state index is 5.10. The van der Waals surface area contributed by atoms with E-state index in [-0.39, 0.29) is 0 Å². The number of hydrogen-bond acceptors (Lipinski definition) is 3. The van der Waals surface area contributed by atoms with Crippen molar-refractivity contribution in [1.29, 1.82) is 0 Å². The minimum Gasteiger partial charge on any atom is -0.382 e. The lowest BCUT2D eigenvalue weighted by Crippen LogP contribution is -2.08. The van der Waals surface area contributed by atoms with Crippen LogP contribution < -0.4 is 0 Å². The first-order valence-corrected chi connectivity index (χ1v) is 3.49. The van der Waals surface area contributed by atoms with E-state index in [1.807, 2.05) is 0 Å². The summed E-state index contributed by atoms with van der Waals surface area (Å²) in [6.45, 7) is 2.71. The molecule has 0 unspecified atom stereocenters. The van der Waals surface area contributed by atoms with Gasteiger partial charge in [-0.15, -0.1) is 6.42 Å². The molecule has 0 heterocycles. The van der Waals surface area contributed by atoms with Gasteiger partial charge in [-0.2, -0.15) is 0 Å². The molecule has 3 heteroatoms. The van der Waals surface area contributed by atoms with Gasteiger partial charge in [-0.3, -0.25) is 0 Å². The molecule has 0 aliphatic carbocycles. The molecule has 0 amide bonds. The van der Waals surface area contributed by atoms with E-state index in [2.05, 4.69) is 5.92 Å². The summed E-state index contributed by atoms with van der Waals surface area (Å²) < 4.78 is 14.8. The molecule has 0 saturated heterocycles. The minimum absolute atomic E-state index is 0.355. The number of methoxy groups -OCH3 is 1. The highest BCUT2D eigenvalue weighted by molar-refractivity contribution is 4.82. The summed E-state index contributed by atoms with van der Waals surface area (Å²) in [5, 5.41) is 0. The Balaban J connectivity index is 2.75. The second kappa shape index (κ2) is 9.44. The van der Waals surface area contributed by atoms with E-state index in [0.717, 1.165) is 0 Å². The van der Waals surface area contributed by atoms with Crippen LogP contribution in [0.5, 0.6) is 0 Å². The summed E-state index contributed by atoms with van der Waals surface area (Å²) >= 11 is 0. The van der Waals surface area contributed by atoms with Crippen molar-refractivity contribution < 1.29 is 14.2 Å². The third kappa shape index (κ3) is 9.44. The molecule has 0 aliphatic rings.